The van der Waals surface area contributed by atoms with E-state index in [0.717, 1.165) is 21.6 Å². The number of hydrogen-bond acceptors (Lipinski definition) is 10. The number of aliphatic hydroxyl groups excluding tert-OH is 1. The van der Waals surface area contributed by atoms with E-state index >= 15 is 0 Å². The molecule has 1 saturated heterocycles. The number of hydrogen-bond donors (Lipinski definition) is 4. The van der Waals surface area contributed by atoms with Crippen LogP contribution in [0.2, 0.25) is 0 Å². The Hall–Kier alpha value is -4.56. The number of nitrogens with zero attached hydrogens (tertiary/aromatic N) is 4. The third-order valence-corrected chi connectivity index (χ3v) is 10.0. The molecular weight excluding hydrogens is 611 g/mol. The van der Waals surface area contributed by atoms with Crippen LogP contribution in [0.4, 0.5) is 28.0 Å². The van der Waals surface area contributed by atoms with Crippen molar-refractivity contribution in [2.75, 3.05) is 54.7 Å². The summed E-state index contributed by atoms with van der Waals surface area (Å²) in [5.74, 6) is 0.254. The molecule has 45 heavy (non-hydrogen) atoms. The number of carbonyl (C=O) groups is 1. The topological polar surface area (TPSA) is 140 Å². The first-order valence-corrected chi connectivity index (χ1v) is 16.8. The number of anilines is 5. The average Bonchev–Trinajstić information content (AvgIpc) is 3.46. The van der Waals surface area contributed by atoms with E-state index in [1.54, 1.807) is 35.4 Å². The van der Waals surface area contributed by atoms with Crippen molar-refractivity contribution >= 4 is 65.5 Å². The molecule has 0 bridgehead atoms. The van der Waals surface area contributed by atoms with Crippen molar-refractivity contribution in [2.45, 2.75) is 11.8 Å². The maximum Gasteiger partial charge on any atom is 0.263 e. The van der Waals surface area contributed by atoms with Gasteiger partial charge in [-0.3, -0.25) is 14.4 Å². The lowest BCUT2D eigenvalue weighted by Gasteiger charge is -2.34. The number of fused-ring (bicyclic) bond motifs is 1. The molecule has 1 amide bonds. The van der Waals surface area contributed by atoms with Gasteiger partial charge >= 0.3 is 0 Å². The number of aryl methyl sites for hydroxylation is 1. The molecule has 13 heteroatoms. The van der Waals surface area contributed by atoms with E-state index < -0.39 is 10.0 Å². The molecule has 11 nitrogen and oxygen atoms in total. The Morgan fingerprint density at radius 1 is 0.911 bits per heavy atom. The van der Waals surface area contributed by atoms with E-state index in [0.29, 0.717) is 55.3 Å². The van der Waals surface area contributed by atoms with Crippen molar-refractivity contribution in [1.82, 2.24) is 19.8 Å². The van der Waals surface area contributed by atoms with Crippen LogP contribution < -0.4 is 15.4 Å². The first-order chi connectivity index (χ1) is 21.8. The van der Waals surface area contributed by atoms with Gasteiger partial charge < -0.3 is 20.6 Å². The van der Waals surface area contributed by atoms with E-state index in [-0.39, 0.29) is 22.5 Å². The van der Waals surface area contributed by atoms with Crippen LogP contribution in [0.25, 0.3) is 10.2 Å². The van der Waals surface area contributed by atoms with Crippen molar-refractivity contribution in [3.05, 3.63) is 96.2 Å². The van der Waals surface area contributed by atoms with Gasteiger partial charge in [0.05, 0.1) is 33.0 Å². The fourth-order valence-electron chi connectivity index (χ4n) is 5.08. The molecule has 6 rings (SSSR count). The molecule has 0 radical (unpaired) electrons. The van der Waals surface area contributed by atoms with Crippen LogP contribution >= 0.6 is 11.3 Å². The number of rotatable bonds is 10. The van der Waals surface area contributed by atoms with Gasteiger partial charge in [-0.2, -0.15) is 0 Å². The lowest BCUT2D eigenvalue weighted by molar-refractivity contribution is 0.0615. The third kappa shape index (κ3) is 7.07. The second-order valence-corrected chi connectivity index (χ2v) is 13.4. The molecule has 1 fully saturated rings. The van der Waals surface area contributed by atoms with Gasteiger partial charge in [0.15, 0.2) is 5.13 Å². The van der Waals surface area contributed by atoms with E-state index in [9.17, 15) is 18.3 Å². The Bertz CT molecular complexity index is 1900. The minimum Gasteiger partial charge on any atom is -0.395 e. The van der Waals surface area contributed by atoms with Crippen LogP contribution in [-0.4, -0.2) is 78.5 Å². The number of benzene rings is 3. The molecule has 0 saturated carbocycles. The zero-order valence-corrected chi connectivity index (χ0v) is 26.2. The number of aliphatic hydroxyl groups is 1. The van der Waals surface area contributed by atoms with Crippen LogP contribution in [0.3, 0.4) is 0 Å². The molecular formula is C32H33N7O4S2. The fraction of sp³-hybridized carbons (Fsp3) is 0.219. The van der Waals surface area contributed by atoms with Gasteiger partial charge in [-0.05, 0) is 67.6 Å². The van der Waals surface area contributed by atoms with Crippen LogP contribution in [-0.2, 0) is 10.0 Å². The lowest BCUT2D eigenvalue weighted by atomic mass is 10.2. The number of aromatic nitrogens is 2. The SMILES string of the molecule is Cc1ccc(Nc2cccc3nc(NS(=O)(=O)c4ccc(Nc5ncccc5C(=O)N5CCN(CCO)CC5)cc4)sc23)cc1. The zero-order valence-electron chi connectivity index (χ0n) is 24.6. The van der Waals surface area contributed by atoms with Gasteiger partial charge in [-0.25, -0.2) is 18.4 Å². The van der Waals surface area contributed by atoms with Gasteiger partial charge in [0.1, 0.15) is 5.82 Å². The molecule has 232 valence electrons. The third-order valence-electron chi connectivity index (χ3n) is 7.51. The standard InChI is InChI=1S/C32H33N7O4S2/c1-22-7-9-23(10-8-22)34-27-5-2-6-28-29(27)44-32(36-28)37-45(42,43)25-13-11-24(12-14-25)35-30-26(4-3-15-33-30)31(41)39-18-16-38(17-19-39)20-21-40/h2-15,34,40H,16-21H2,1H3,(H,33,35)(H,36,37). The quantitative estimate of drug-likeness (QED) is 0.165. The number of carbonyl (C=O) groups excluding carboxylic acids is 1. The van der Waals surface area contributed by atoms with E-state index in [1.807, 2.05) is 49.4 Å². The molecule has 2 aromatic heterocycles. The van der Waals surface area contributed by atoms with Gasteiger partial charge in [0, 0.05) is 50.3 Å². The Morgan fingerprint density at radius 3 is 2.36 bits per heavy atom. The van der Waals surface area contributed by atoms with E-state index in [4.69, 9.17) is 0 Å². The normalized spacial score (nSPS) is 14.0. The molecule has 0 spiro atoms. The summed E-state index contributed by atoms with van der Waals surface area (Å²) >= 11 is 1.26. The predicted molar refractivity (Wildman–Crippen MR) is 178 cm³/mol. The summed E-state index contributed by atoms with van der Waals surface area (Å²) in [7, 11) is -3.92. The Balaban J connectivity index is 1.14. The molecule has 3 aromatic carbocycles. The summed E-state index contributed by atoms with van der Waals surface area (Å²) in [5, 5.41) is 16.0. The highest BCUT2D eigenvalue weighted by atomic mass is 32.2. The second-order valence-electron chi connectivity index (χ2n) is 10.7. The highest BCUT2D eigenvalue weighted by molar-refractivity contribution is 7.93. The number of pyridine rings is 1. The van der Waals surface area contributed by atoms with Gasteiger partial charge in [-0.1, -0.05) is 35.1 Å². The number of piperazine rings is 1. The van der Waals surface area contributed by atoms with Crippen LogP contribution in [0.15, 0.2) is 90.0 Å². The Labute approximate surface area is 265 Å². The lowest BCUT2D eigenvalue weighted by Crippen LogP contribution is -2.49. The molecule has 5 aromatic rings. The molecule has 0 atom stereocenters. The first-order valence-electron chi connectivity index (χ1n) is 14.5. The molecule has 3 heterocycles. The average molecular weight is 644 g/mol. The number of β-amino-alcohol motifs (C(OH)–C–C–N with tert-alkyl or cyclic N) is 1. The van der Waals surface area contributed by atoms with E-state index in [1.165, 1.54) is 23.5 Å². The molecule has 4 N–H and O–H groups in total. The summed E-state index contributed by atoms with van der Waals surface area (Å²) < 4.78 is 30.0. The molecule has 1 aliphatic heterocycles. The maximum atomic E-state index is 13.3. The second kappa shape index (κ2) is 13.2. The molecule has 0 aliphatic carbocycles. The summed E-state index contributed by atoms with van der Waals surface area (Å²) in [6, 6.07) is 23.4. The Morgan fingerprint density at radius 2 is 1.62 bits per heavy atom. The first kappa shape index (κ1) is 30.5. The van der Waals surface area contributed by atoms with Crippen LogP contribution in [0.1, 0.15) is 15.9 Å². The summed E-state index contributed by atoms with van der Waals surface area (Å²) in [4.78, 5) is 26.2. The van der Waals surface area contributed by atoms with Gasteiger partial charge in [-0.15, -0.1) is 0 Å². The summed E-state index contributed by atoms with van der Waals surface area (Å²) in [6.07, 6.45) is 1.60. The number of sulfonamides is 1. The van der Waals surface area contributed by atoms with Crippen LogP contribution in [0.5, 0.6) is 0 Å². The number of amides is 1. The maximum absolute atomic E-state index is 13.3. The van der Waals surface area contributed by atoms with Crippen molar-refractivity contribution in [1.29, 1.82) is 0 Å². The van der Waals surface area contributed by atoms with E-state index in [2.05, 4.69) is 30.2 Å². The predicted octanol–water partition coefficient (Wildman–Crippen LogP) is 5.04. The number of thiazole rings is 1. The number of nitrogens with one attached hydrogen (secondary N) is 3. The van der Waals surface area contributed by atoms with Crippen LogP contribution in [0, 0.1) is 6.92 Å². The van der Waals surface area contributed by atoms with Crippen molar-refractivity contribution < 1.29 is 18.3 Å². The van der Waals surface area contributed by atoms with Crippen molar-refractivity contribution in [2.24, 2.45) is 0 Å². The minimum atomic E-state index is -3.92. The van der Waals surface area contributed by atoms with Crippen molar-refractivity contribution in [3.63, 3.8) is 0 Å². The smallest absolute Gasteiger partial charge is 0.263 e. The summed E-state index contributed by atoms with van der Waals surface area (Å²) in [6.45, 7) is 5.23. The van der Waals surface area contributed by atoms with Gasteiger partial charge in [0.25, 0.3) is 15.9 Å². The Kier molecular flexibility index (Phi) is 8.94. The minimum absolute atomic E-state index is 0.0726. The summed E-state index contributed by atoms with van der Waals surface area (Å²) in [5.41, 5.74) is 4.62. The highest BCUT2D eigenvalue weighted by Crippen LogP contribution is 2.35. The van der Waals surface area contributed by atoms with Gasteiger partial charge in [0.2, 0.25) is 0 Å². The highest BCUT2D eigenvalue weighted by Gasteiger charge is 2.24. The zero-order chi connectivity index (χ0) is 31.4. The molecule has 1 aliphatic rings. The van der Waals surface area contributed by atoms with Crippen molar-refractivity contribution in [3.8, 4) is 0 Å². The molecule has 0 unspecified atom stereocenters. The monoisotopic (exact) mass is 643 g/mol. The fourth-order valence-corrected chi connectivity index (χ4v) is 7.24. The largest absolute Gasteiger partial charge is 0.395 e.